The molecule has 8 rings (SSSR count). The predicted octanol–water partition coefficient (Wildman–Crippen LogP) is 9.21. The standard InChI is InChI=1S/C39H32BN3O2S/c1-38(2)39(3,4)45-40(44-38)30-19-20-31-32-23-29(18-21-33(32)46-34(31)24-30)37-42-35(26-14-9-6-10-15-26)41-36(43-37)28-17-11-16-27(22-28)25-12-7-5-8-13-25/h5-24H,1-4H3. The van der Waals surface area contributed by atoms with Gasteiger partial charge in [-0.1, -0.05) is 91.0 Å². The minimum Gasteiger partial charge on any atom is -0.399 e. The molecule has 2 aromatic heterocycles. The summed E-state index contributed by atoms with van der Waals surface area (Å²) >= 11 is 1.77. The Morgan fingerprint density at radius 1 is 0.478 bits per heavy atom. The zero-order valence-electron chi connectivity index (χ0n) is 26.2. The summed E-state index contributed by atoms with van der Waals surface area (Å²) in [6.45, 7) is 8.34. The van der Waals surface area contributed by atoms with Crippen LogP contribution >= 0.6 is 11.3 Å². The number of nitrogens with zero attached hydrogens (tertiary/aromatic N) is 3. The highest BCUT2D eigenvalue weighted by Crippen LogP contribution is 2.39. The molecule has 0 amide bonds. The van der Waals surface area contributed by atoms with E-state index in [9.17, 15) is 0 Å². The van der Waals surface area contributed by atoms with Crippen LogP contribution in [0.1, 0.15) is 27.7 Å². The average molecular weight is 618 g/mol. The van der Waals surface area contributed by atoms with Crippen molar-refractivity contribution in [3.05, 3.63) is 121 Å². The quantitative estimate of drug-likeness (QED) is 0.180. The Kier molecular flexibility index (Phi) is 6.87. The molecular formula is C39H32BN3O2S. The molecule has 1 aliphatic rings. The number of fused-ring (bicyclic) bond motifs is 3. The molecule has 0 aliphatic carbocycles. The average Bonchev–Trinajstić information content (AvgIpc) is 3.56. The molecule has 0 saturated carbocycles. The van der Waals surface area contributed by atoms with Crippen LogP contribution in [0.5, 0.6) is 0 Å². The summed E-state index contributed by atoms with van der Waals surface area (Å²) in [7, 11) is -0.393. The topological polar surface area (TPSA) is 57.1 Å². The van der Waals surface area contributed by atoms with Crippen LogP contribution < -0.4 is 5.46 Å². The van der Waals surface area contributed by atoms with Crippen LogP contribution in [0.25, 0.3) is 65.5 Å². The second-order valence-corrected chi connectivity index (χ2v) is 13.9. The first-order chi connectivity index (χ1) is 22.2. The fraction of sp³-hybridized carbons (Fsp3) is 0.154. The summed E-state index contributed by atoms with van der Waals surface area (Å²) in [4.78, 5) is 15.0. The molecule has 1 fully saturated rings. The van der Waals surface area contributed by atoms with Crippen LogP contribution in [0.2, 0.25) is 0 Å². The number of benzene rings is 5. The maximum atomic E-state index is 6.34. The molecule has 5 aromatic carbocycles. The van der Waals surface area contributed by atoms with Gasteiger partial charge in [-0.25, -0.2) is 15.0 Å². The van der Waals surface area contributed by atoms with Gasteiger partial charge in [0.15, 0.2) is 17.5 Å². The second-order valence-electron chi connectivity index (χ2n) is 12.8. The van der Waals surface area contributed by atoms with Crippen LogP contribution in [0.4, 0.5) is 0 Å². The van der Waals surface area contributed by atoms with E-state index in [1.54, 1.807) is 11.3 Å². The Morgan fingerprint density at radius 2 is 1.04 bits per heavy atom. The largest absolute Gasteiger partial charge is 0.494 e. The van der Waals surface area contributed by atoms with E-state index in [1.165, 1.54) is 20.2 Å². The lowest BCUT2D eigenvalue weighted by Gasteiger charge is -2.32. The van der Waals surface area contributed by atoms with Crippen molar-refractivity contribution in [1.82, 2.24) is 15.0 Å². The smallest absolute Gasteiger partial charge is 0.399 e. The molecule has 7 heteroatoms. The first-order valence-electron chi connectivity index (χ1n) is 15.5. The normalized spacial score (nSPS) is 15.5. The van der Waals surface area contributed by atoms with Crippen molar-refractivity contribution in [2.45, 2.75) is 38.9 Å². The fourth-order valence-electron chi connectivity index (χ4n) is 5.88. The predicted molar refractivity (Wildman–Crippen MR) is 190 cm³/mol. The minimum atomic E-state index is -0.393. The highest BCUT2D eigenvalue weighted by Gasteiger charge is 2.51. The van der Waals surface area contributed by atoms with Crippen molar-refractivity contribution in [2.75, 3.05) is 0 Å². The zero-order valence-corrected chi connectivity index (χ0v) is 27.0. The van der Waals surface area contributed by atoms with Crippen molar-refractivity contribution >= 4 is 44.1 Å². The summed E-state index contributed by atoms with van der Waals surface area (Å²) in [5.41, 5.74) is 5.38. The van der Waals surface area contributed by atoms with Crippen LogP contribution in [0.3, 0.4) is 0 Å². The van der Waals surface area contributed by atoms with Gasteiger partial charge in [0.05, 0.1) is 11.2 Å². The van der Waals surface area contributed by atoms with Crippen LogP contribution in [-0.2, 0) is 9.31 Å². The van der Waals surface area contributed by atoms with Crippen LogP contribution in [0, 0.1) is 0 Å². The lowest BCUT2D eigenvalue weighted by Crippen LogP contribution is -2.41. The van der Waals surface area contributed by atoms with Crippen LogP contribution in [0.15, 0.2) is 121 Å². The van der Waals surface area contributed by atoms with Gasteiger partial charge in [0.25, 0.3) is 0 Å². The summed E-state index contributed by atoms with van der Waals surface area (Å²) < 4.78 is 15.1. The van der Waals surface area contributed by atoms with Crippen molar-refractivity contribution in [3.63, 3.8) is 0 Å². The van der Waals surface area contributed by atoms with E-state index in [0.717, 1.165) is 33.3 Å². The minimum absolute atomic E-state index is 0.382. The number of hydrogen-bond donors (Lipinski definition) is 0. The SMILES string of the molecule is CC1(C)OB(c2ccc3c(c2)sc2ccc(-c4nc(-c5ccccc5)nc(-c5cccc(-c6ccccc6)c5)n4)cc23)OC1(C)C. The molecule has 0 bridgehead atoms. The highest BCUT2D eigenvalue weighted by atomic mass is 32.1. The Hall–Kier alpha value is -4.69. The molecule has 3 heterocycles. The van der Waals surface area contributed by atoms with E-state index < -0.39 is 7.12 Å². The first-order valence-corrected chi connectivity index (χ1v) is 16.4. The molecule has 1 saturated heterocycles. The molecule has 46 heavy (non-hydrogen) atoms. The van der Waals surface area contributed by atoms with Crippen molar-refractivity contribution in [2.24, 2.45) is 0 Å². The van der Waals surface area contributed by atoms with Gasteiger partial charge in [-0.15, -0.1) is 11.3 Å². The molecule has 5 nitrogen and oxygen atoms in total. The van der Waals surface area contributed by atoms with Gasteiger partial charge in [0.1, 0.15) is 0 Å². The van der Waals surface area contributed by atoms with E-state index in [4.69, 9.17) is 24.3 Å². The fourth-order valence-corrected chi connectivity index (χ4v) is 7.01. The van der Waals surface area contributed by atoms with Gasteiger partial charge >= 0.3 is 7.12 Å². The Bertz CT molecular complexity index is 2220. The van der Waals surface area contributed by atoms with E-state index in [0.29, 0.717) is 17.5 Å². The van der Waals surface area contributed by atoms with Gasteiger partial charge in [0.2, 0.25) is 0 Å². The summed E-state index contributed by atoms with van der Waals surface area (Å²) in [5.74, 6) is 1.93. The third-order valence-corrected chi connectivity index (χ3v) is 10.3. The van der Waals surface area contributed by atoms with Crippen molar-refractivity contribution in [3.8, 4) is 45.3 Å². The summed E-state index contributed by atoms with van der Waals surface area (Å²) in [6, 6.07) is 41.9. The third kappa shape index (κ3) is 5.11. The molecular weight excluding hydrogens is 585 g/mol. The lowest BCUT2D eigenvalue weighted by molar-refractivity contribution is 0.00578. The highest BCUT2D eigenvalue weighted by molar-refractivity contribution is 7.25. The maximum absolute atomic E-state index is 6.34. The Balaban J connectivity index is 1.22. The van der Waals surface area contributed by atoms with Gasteiger partial charge in [-0.05, 0) is 74.6 Å². The third-order valence-electron chi connectivity index (χ3n) is 9.17. The van der Waals surface area contributed by atoms with Gasteiger partial charge in [-0.2, -0.15) is 0 Å². The maximum Gasteiger partial charge on any atom is 0.494 e. The van der Waals surface area contributed by atoms with E-state index in [2.05, 4.69) is 113 Å². The van der Waals surface area contributed by atoms with E-state index >= 15 is 0 Å². The lowest BCUT2D eigenvalue weighted by atomic mass is 9.79. The second kappa shape index (κ2) is 11.0. The first kappa shape index (κ1) is 28.8. The van der Waals surface area contributed by atoms with Gasteiger partial charge < -0.3 is 9.31 Å². The van der Waals surface area contributed by atoms with Crippen molar-refractivity contribution in [1.29, 1.82) is 0 Å². The molecule has 0 N–H and O–H groups in total. The van der Waals surface area contributed by atoms with E-state index in [-0.39, 0.29) is 11.2 Å². The molecule has 0 atom stereocenters. The van der Waals surface area contributed by atoms with Gasteiger partial charge in [-0.3, -0.25) is 0 Å². The number of thiophene rings is 1. The molecule has 1 aliphatic heterocycles. The molecule has 0 spiro atoms. The number of rotatable bonds is 5. The monoisotopic (exact) mass is 617 g/mol. The summed E-state index contributed by atoms with van der Waals surface area (Å²) in [6.07, 6.45) is 0. The zero-order chi connectivity index (χ0) is 31.5. The van der Waals surface area contributed by atoms with Gasteiger partial charge in [0, 0.05) is 36.9 Å². The molecule has 0 radical (unpaired) electrons. The van der Waals surface area contributed by atoms with Crippen LogP contribution in [-0.4, -0.2) is 33.3 Å². The molecule has 7 aromatic rings. The number of aromatic nitrogens is 3. The summed E-state index contributed by atoms with van der Waals surface area (Å²) in [5, 5.41) is 2.36. The Morgan fingerprint density at radius 3 is 1.72 bits per heavy atom. The Labute approximate surface area is 273 Å². The van der Waals surface area contributed by atoms with E-state index in [1.807, 2.05) is 36.4 Å². The number of hydrogen-bond acceptors (Lipinski definition) is 6. The van der Waals surface area contributed by atoms with Crippen molar-refractivity contribution < 1.29 is 9.31 Å². The molecule has 0 unspecified atom stereocenters. The molecule has 224 valence electrons.